The van der Waals surface area contributed by atoms with Crippen LogP contribution in [0.4, 0.5) is 11.8 Å². The predicted molar refractivity (Wildman–Crippen MR) is 118 cm³/mol. The van der Waals surface area contributed by atoms with Crippen LogP contribution in [-0.2, 0) is 5.41 Å². The number of nitrogens with two attached hydrogens (primary N) is 1. The maximum atomic E-state index is 12.6. The van der Waals surface area contributed by atoms with Crippen LogP contribution in [0.15, 0.2) is 24.8 Å². The predicted octanol–water partition coefficient (Wildman–Crippen LogP) is 3.00. The molecule has 0 aliphatic heterocycles. The van der Waals surface area contributed by atoms with Gasteiger partial charge in [0.15, 0.2) is 0 Å². The summed E-state index contributed by atoms with van der Waals surface area (Å²) in [6, 6.07) is 0.926. The van der Waals surface area contributed by atoms with Crippen molar-refractivity contribution in [2.24, 2.45) is 0 Å². The van der Waals surface area contributed by atoms with Crippen LogP contribution in [0.5, 0.6) is 0 Å². The van der Waals surface area contributed by atoms with Gasteiger partial charge < -0.3 is 11.1 Å². The monoisotopic (exact) mass is 460 g/mol. The Morgan fingerprint density at radius 3 is 2.55 bits per heavy atom. The van der Waals surface area contributed by atoms with E-state index in [0.29, 0.717) is 20.6 Å². The summed E-state index contributed by atoms with van der Waals surface area (Å²) in [5, 5.41) is 6.40. The number of hydrogen-bond acceptors (Lipinski definition) is 9. The Balaban J connectivity index is 1.69. The SMILES string of the molecule is CC(NC(=O)c1cc(N)ncn1)c1ncc(C(=O)Nc2ncc(Cl)c(C(C)(C)C)n2)s1. The molecule has 0 radical (unpaired) electrons. The number of nitrogens with zero attached hydrogens (tertiary/aromatic N) is 5. The molecule has 3 aromatic rings. The molecule has 0 fully saturated rings. The van der Waals surface area contributed by atoms with Crippen LogP contribution in [-0.4, -0.2) is 36.7 Å². The van der Waals surface area contributed by atoms with Gasteiger partial charge in [-0.3, -0.25) is 14.9 Å². The first-order valence-electron chi connectivity index (χ1n) is 9.23. The van der Waals surface area contributed by atoms with Gasteiger partial charge in [-0.1, -0.05) is 32.4 Å². The van der Waals surface area contributed by atoms with Crippen LogP contribution >= 0.6 is 22.9 Å². The third kappa shape index (κ3) is 5.50. The molecule has 3 aromatic heterocycles. The molecule has 1 atom stereocenters. The van der Waals surface area contributed by atoms with Crippen molar-refractivity contribution in [2.45, 2.75) is 39.2 Å². The van der Waals surface area contributed by atoms with E-state index in [9.17, 15) is 9.59 Å². The quantitative estimate of drug-likeness (QED) is 0.526. The fourth-order valence-electron chi connectivity index (χ4n) is 2.54. The Morgan fingerprint density at radius 1 is 1.13 bits per heavy atom. The van der Waals surface area contributed by atoms with Gasteiger partial charge >= 0.3 is 0 Å². The van der Waals surface area contributed by atoms with E-state index in [1.165, 1.54) is 24.8 Å². The van der Waals surface area contributed by atoms with Gasteiger partial charge in [0.05, 0.1) is 29.2 Å². The van der Waals surface area contributed by atoms with Crippen LogP contribution in [0, 0.1) is 0 Å². The highest BCUT2D eigenvalue weighted by atomic mass is 35.5. The fraction of sp³-hybridized carbons (Fsp3) is 0.316. The average Bonchev–Trinajstić information content (AvgIpc) is 3.19. The molecule has 4 N–H and O–H groups in total. The Bertz CT molecular complexity index is 1130. The van der Waals surface area contributed by atoms with Crippen LogP contribution in [0.3, 0.4) is 0 Å². The second kappa shape index (κ2) is 8.90. The molecule has 0 spiro atoms. The van der Waals surface area contributed by atoms with E-state index in [0.717, 1.165) is 11.3 Å². The molecule has 2 amide bonds. The van der Waals surface area contributed by atoms with Gasteiger partial charge in [-0.2, -0.15) is 0 Å². The lowest BCUT2D eigenvalue weighted by molar-refractivity contribution is 0.0934. The molecule has 1 unspecified atom stereocenters. The standard InChI is InChI=1S/C19H21ClN8O2S/c1-9(26-15(29)11-5-13(21)25-8-24-11)17-22-7-12(31-17)16(30)28-18-23-6-10(20)14(27-18)19(2,3)4/h5-9H,1-4H3,(H,26,29)(H2,21,24,25)(H,23,27,28,30). The topological polar surface area (TPSA) is 149 Å². The lowest BCUT2D eigenvalue weighted by Gasteiger charge is -2.19. The van der Waals surface area contributed by atoms with Gasteiger partial charge in [0.25, 0.3) is 11.8 Å². The average molecular weight is 461 g/mol. The van der Waals surface area contributed by atoms with Crippen molar-refractivity contribution >= 4 is 46.5 Å². The van der Waals surface area contributed by atoms with E-state index in [1.54, 1.807) is 6.92 Å². The number of aromatic nitrogens is 5. The van der Waals surface area contributed by atoms with E-state index >= 15 is 0 Å². The summed E-state index contributed by atoms with van der Waals surface area (Å²) in [6.07, 6.45) is 4.10. The molecule has 0 aromatic carbocycles. The van der Waals surface area contributed by atoms with Crippen molar-refractivity contribution in [3.8, 4) is 0 Å². The van der Waals surface area contributed by atoms with Crippen LogP contribution in [0.25, 0.3) is 0 Å². The number of hydrogen-bond donors (Lipinski definition) is 3. The van der Waals surface area contributed by atoms with E-state index in [-0.39, 0.29) is 22.9 Å². The summed E-state index contributed by atoms with van der Waals surface area (Å²) in [5.41, 5.74) is 6.04. The van der Waals surface area contributed by atoms with Crippen molar-refractivity contribution < 1.29 is 9.59 Å². The summed E-state index contributed by atoms with van der Waals surface area (Å²) in [7, 11) is 0. The number of nitrogens with one attached hydrogen (secondary N) is 2. The zero-order valence-electron chi connectivity index (χ0n) is 17.3. The van der Waals surface area contributed by atoms with Crippen molar-refractivity contribution in [2.75, 3.05) is 11.1 Å². The van der Waals surface area contributed by atoms with Gasteiger partial charge in [0.2, 0.25) is 5.95 Å². The first-order chi connectivity index (χ1) is 14.5. The summed E-state index contributed by atoms with van der Waals surface area (Å²) in [5.74, 6) is -0.489. The van der Waals surface area contributed by atoms with Gasteiger partial charge in [-0.05, 0) is 6.92 Å². The Morgan fingerprint density at radius 2 is 1.87 bits per heavy atom. The smallest absolute Gasteiger partial charge is 0.270 e. The molecule has 0 saturated carbocycles. The number of carbonyl (C=O) groups excluding carboxylic acids is 2. The van der Waals surface area contributed by atoms with Crippen molar-refractivity contribution in [1.29, 1.82) is 0 Å². The zero-order valence-corrected chi connectivity index (χ0v) is 18.9. The van der Waals surface area contributed by atoms with Gasteiger partial charge in [-0.25, -0.2) is 24.9 Å². The minimum absolute atomic E-state index is 0.142. The first-order valence-corrected chi connectivity index (χ1v) is 10.4. The minimum Gasteiger partial charge on any atom is -0.384 e. The number of thiazole rings is 1. The molecule has 3 rings (SSSR count). The number of carbonyl (C=O) groups is 2. The molecule has 31 heavy (non-hydrogen) atoms. The molecule has 3 heterocycles. The number of amides is 2. The molecule has 162 valence electrons. The lowest BCUT2D eigenvalue weighted by atomic mass is 9.92. The first kappa shape index (κ1) is 22.5. The van der Waals surface area contributed by atoms with Crippen molar-refractivity contribution in [3.05, 3.63) is 51.1 Å². The van der Waals surface area contributed by atoms with E-state index in [2.05, 4.69) is 35.6 Å². The van der Waals surface area contributed by atoms with Crippen LogP contribution in [0.1, 0.15) is 64.6 Å². The van der Waals surface area contributed by atoms with Gasteiger partial charge in [-0.15, -0.1) is 11.3 Å². The third-order valence-electron chi connectivity index (χ3n) is 4.07. The minimum atomic E-state index is -0.450. The lowest BCUT2D eigenvalue weighted by Crippen LogP contribution is -2.27. The van der Waals surface area contributed by atoms with Crippen molar-refractivity contribution in [3.63, 3.8) is 0 Å². The summed E-state index contributed by atoms with van der Waals surface area (Å²) in [4.78, 5) is 45.6. The molecule has 0 aliphatic rings. The number of anilines is 2. The highest BCUT2D eigenvalue weighted by molar-refractivity contribution is 7.13. The van der Waals surface area contributed by atoms with Crippen LogP contribution in [0.2, 0.25) is 5.02 Å². The second-order valence-corrected chi connectivity index (χ2v) is 9.15. The second-order valence-electron chi connectivity index (χ2n) is 7.68. The highest BCUT2D eigenvalue weighted by Crippen LogP contribution is 2.28. The summed E-state index contributed by atoms with van der Waals surface area (Å²) in [6.45, 7) is 7.65. The molecule has 0 bridgehead atoms. The Kier molecular flexibility index (Phi) is 6.46. The molecule has 0 saturated heterocycles. The molecule has 0 aliphatic carbocycles. The largest absolute Gasteiger partial charge is 0.384 e. The number of halogens is 1. The van der Waals surface area contributed by atoms with Crippen molar-refractivity contribution in [1.82, 2.24) is 30.2 Å². The molecular weight excluding hydrogens is 440 g/mol. The zero-order chi connectivity index (χ0) is 22.8. The Labute approximate surface area is 187 Å². The van der Waals surface area contributed by atoms with Gasteiger partial charge in [0, 0.05) is 11.5 Å². The van der Waals surface area contributed by atoms with Crippen LogP contribution < -0.4 is 16.4 Å². The number of rotatable bonds is 5. The maximum Gasteiger partial charge on any atom is 0.270 e. The van der Waals surface area contributed by atoms with E-state index in [4.69, 9.17) is 17.3 Å². The normalized spacial score (nSPS) is 12.3. The number of nitrogen functional groups attached to an aromatic ring is 1. The summed E-state index contributed by atoms with van der Waals surface area (Å²) >= 11 is 7.32. The van der Waals surface area contributed by atoms with E-state index in [1.807, 2.05) is 20.8 Å². The molecule has 10 nitrogen and oxygen atoms in total. The molecule has 12 heteroatoms. The Hall–Kier alpha value is -3.18. The highest BCUT2D eigenvalue weighted by Gasteiger charge is 2.22. The fourth-order valence-corrected chi connectivity index (χ4v) is 3.73. The molecular formula is C19H21ClN8O2S. The summed E-state index contributed by atoms with van der Waals surface area (Å²) < 4.78 is 0. The maximum absolute atomic E-state index is 12.6. The van der Waals surface area contributed by atoms with E-state index < -0.39 is 17.9 Å². The third-order valence-corrected chi connectivity index (χ3v) is 5.52. The van der Waals surface area contributed by atoms with Gasteiger partial charge in [0.1, 0.15) is 27.7 Å².